The number of hydrogen-bond acceptors (Lipinski definition) is 3. The van der Waals surface area contributed by atoms with E-state index in [1.54, 1.807) is 0 Å². The van der Waals surface area contributed by atoms with E-state index in [1.165, 1.54) is 6.42 Å². The van der Waals surface area contributed by atoms with Crippen LogP contribution in [0, 0.1) is 0 Å². The summed E-state index contributed by atoms with van der Waals surface area (Å²) < 4.78 is 5.52. The molecule has 0 aromatic rings. The van der Waals surface area contributed by atoms with E-state index in [-0.39, 0.29) is 12.0 Å². The quantitative estimate of drug-likeness (QED) is 0.707. The van der Waals surface area contributed by atoms with Gasteiger partial charge in [-0.2, -0.15) is 0 Å². The molecule has 88 valence electrons. The molecule has 15 heavy (non-hydrogen) atoms. The van der Waals surface area contributed by atoms with Gasteiger partial charge >= 0.3 is 0 Å². The Hall–Kier alpha value is -0.610. The molecule has 0 aromatic heterocycles. The van der Waals surface area contributed by atoms with E-state index >= 15 is 0 Å². The lowest BCUT2D eigenvalue weighted by atomic mass is 10.1. The molecule has 4 nitrogen and oxygen atoms in total. The maximum Gasteiger partial charge on any atom is 0.234 e. The van der Waals surface area contributed by atoms with Crippen LogP contribution in [-0.2, 0) is 9.53 Å². The molecule has 1 aliphatic heterocycles. The van der Waals surface area contributed by atoms with Gasteiger partial charge in [0.2, 0.25) is 5.91 Å². The van der Waals surface area contributed by atoms with Crippen LogP contribution in [0.25, 0.3) is 0 Å². The van der Waals surface area contributed by atoms with Crippen molar-refractivity contribution in [2.24, 2.45) is 0 Å². The third-order valence-corrected chi connectivity index (χ3v) is 2.47. The van der Waals surface area contributed by atoms with E-state index in [0.29, 0.717) is 19.1 Å². The maximum absolute atomic E-state index is 11.4. The average molecular weight is 214 g/mol. The van der Waals surface area contributed by atoms with Gasteiger partial charge in [0.1, 0.15) is 0 Å². The largest absolute Gasteiger partial charge is 0.376 e. The standard InChI is InChI=1S/C11H22N2O2/c1-9(2)12-8-11(14)13-7-10-5-3-4-6-15-10/h9-10,12H,3-8H2,1-2H3,(H,13,14). The normalized spacial score (nSPS) is 21.7. The van der Waals surface area contributed by atoms with Gasteiger partial charge in [-0.25, -0.2) is 0 Å². The number of hydrogen-bond donors (Lipinski definition) is 2. The summed E-state index contributed by atoms with van der Waals surface area (Å²) in [6, 6.07) is 0.349. The zero-order chi connectivity index (χ0) is 11.1. The van der Waals surface area contributed by atoms with Crippen LogP contribution in [-0.4, -0.2) is 37.7 Å². The molecule has 1 fully saturated rings. The van der Waals surface area contributed by atoms with Gasteiger partial charge in [-0.15, -0.1) is 0 Å². The third kappa shape index (κ3) is 5.74. The molecule has 1 saturated heterocycles. The summed E-state index contributed by atoms with van der Waals surface area (Å²) in [6.45, 7) is 5.93. The van der Waals surface area contributed by atoms with Crippen LogP contribution in [0.15, 0.2) is 0 Å². The molecule has 1 atom stereocenters. The zero-order valence-electron chi connectivity index (χ0n) is 9.71. The number of amides is 1. The molecule has 1 heterocycles. The second kappa shape index (κ2) is 6.80. The highest BCUT2D eigenvalue weighted by Gasteiger charge is 2.14. The van der Waals surface area contributed by atoms with Gasteiger partial charge < -0.3 is 15.4 Å². The van der Waals surface area contributed by atoms with Gasteiger partial charge in [0, 0.05) is 19.2 Å². The van der Waals surface area contributed by atoms with Crippen molar-refractivity contribution < 1.29 is 9.53 Å². The monoisotopic (exact) mass is 214 g/mol. The second-order valence-electron chi connectivity index (χ2n) is 4.33. The van der Waals surface area contributed by atoms with Crippen LogP contribution in [0.5, 0.6) is 0 Å². The first-order valence-electron chi connectivity index (χ1n) is 5.80. The third-order valence-electron chi connectivity index (χ3n) is 2.47. The SMILES string of the molecule is CC(C)NCC(=O)NCC1CCCCO1. The van der Waals surface area contributed by atoms with Crippen molar-refractivity contribution in [3.05, 3.63) is 0 Å². The Morgan fingerprint density at radius 1 is 1.47 bits per heavy atom. The Morgan fingerprint density at radius 3 is 2.87 bits per heavy atom. The Balaban J connectivity index is 2.05. The van der Waals surface area contributed by atoms with Crippen LogP contribution >= 0.6 is 0 Å². The van der Waals surface area contributed by atoms with Gasteiger partial charge in [0.25, 0.3) is 0 Å². The van der Waals surface area contributed by atoms with Crippen LogP contribution in [0.1, 0.15) is 33.1 Å². The summed E-state index contributed by atoms with van der Waals surface area (Å²) in [4.78, 5) is 11.4. The average Bonchev–Trinajstić information content (AvgIpc) is 2.25. The predicted molar refractivity (Wildman–Crippen MR) is 59.7 cm³/mol. The minimum absolute atomic E-state index is 0.0536. The lowest BCUT2D eigenvalue weighted by molar-refractivity contribution is -0.121. The minimum atomic E-state index is 0.0536. The molecule has 4 heteroatoms. The van der Waals surface area contributed by atoms with E-state index in [1.807, 2.05) is 13.8 Å². The molecule has 1 amide bonds. The molecule has 1 rings (SSSR count). The summed E-state index contributed by atoms with van der Waals surface area (Å²) in [5.74, 6) is 0.0536. The van der Waals surface area contributed by atoms with Gasteiger partial charge in [-0.3, -0.25) is 4.79 Å². The Morgan fingerprint density at radius 2 is 2.27 bits per heavy atom. The molecular weight excluding hydrogens is 192 g/mol. The lowest BCUT2D eigenvalue weighted by Crippen LogP contribution is -2.41. The first-order chi connectivity index (χ1) is 7.18. The van der Waals surface area contributed by atoms with E-state index < -0.39 is 0 Å². The highest BCUT2D eigenvalue weighted by atomic mass is 16.5. The topological polar surface area (TPSA) is 50.4 Å². The molecule has 0 spiro atoms. The highest BCUT2D eigenvalue weighted by Crippen LogP contribution is 2.11. The van der Waals surface area contributed by atoms with Crippen molar-refractivity contribution in [1.29, 1.82) is 0 Å². The molecule has 2 N–H and O–H groups in total. The van der Waals surface area contributed by atoms with Crippen molar-refractivity contribution in [2.75, 3.05) is 19.7 Å². The number of carbonyl (C=O) groups is 1. The molecule has 0 bridgehead atoms. The van der Waals surface area contributed by atoms with E-state index in [0.717, 1.165) is 19.4 Å². The van der Waals surface area contributed by atoms with E-state index in [4.69, 9.17) is 4.74 Å². The van der Waals surface area contributed by atoms with Crippen molar-refractivity contribution in [1.82, 2.24) is 10.6 Å². The van der Waals surface area contributed by atoms with Crippen molar-refractivity contribution >= 4 is 5.91 Å². The lowest BCUT2D eigenvalue weighted by Gasteiger charge is -2.22. The molecular formula is C11H22N2O2. The van der Waals surface area contributed by atoms with Crippen molar-refractivity contribution in [2.45, 2.75) is 45.3 Å². The van der Waals surface area contributed by atoms with E-state index in [9.17, 15) is 4.79 Å². The van der Waals surface area contributed by atoms with Gasteiger partial charge in [0.05, 0.1) is 12.6 Å². The van der Waals surface area contributed by atoms with Crippen molar-refractivity contribution in [3.8, 4) is 0 Å². The minimum Gasteiger partial charge on any atom is -0.376 e. The summed E-state index contributed by atoms with van der Waals surface area (Å²) in [6.07, 6.45) is 3.66. The molecule has 0 aliphatic carbocycles. The maximum atomic E-state index is 11.4. The smallest absolute Gasteiger partial charge is 0.234 e. The van der Waals surface area contributed by atoms with Gasteiger partial charge in [-0.1, -0.05) is 13.8 Å². The summed E-state index contributed by atoms with van der Waals surface area (Å²) in [5.41, 5.74) is 0. The predicted octanol–water partition coefficient (Wildman–Crippen LogP) is 0.670. The van der Waals surface area contributed by atoms with Crippen LogP contribution in [0.3, 0.4) is 0 Å². The Kier molecular flexibility index (Phi) is 5.65. The summed E-state index contributed by atoms with van der Waals surface area (Å²) in [5, 5.41) is 5.96. The molecule has 0 aromatic carbocycles. The fourth-order valence-corrected chi connectivity index (χ4v) is 1.56. The molecule has 0 saturated carbocycles. The molecule has 1 unspecified atom stereocenters. The zero-order valence-corrected chi connectivity index (χ0v) is 9.71. The van der Waals surface area contributed by atoms with Crippen LogP contribution in [0.4, 0.5) is 0 Å². The summed E-state index contributed by atoms with van der Waals surface area (Å²) >= 11 is 0. The molecule has 0 radical (unpaired) electrons. The fraction of sp³-hybridized carbons (Fsp3) is 0.909. The number of carbonyl (C=O) groups excluding carboxylic acids is 1. The first-order valence-corrected chi connectivity index (χ1v) is 5.80. The van der Waals surface area contributed by atoms with E-state index in [2.05, 4.69) is 10.6 Å². The van der Waals surface area contributed by atoms with Crippen LogP contribution < -0.4 is 10.6 Å². The van der Waals surface area contributed by atoms with Crippen molar-refractivity contribution in [3.63, 3.8) is 0 Å². The second-order valence-corrected chi connectivity index (χ2v) is 4.33. The first kappa shape index (κ1) is 12.5. The number of ether oxygens (including phenoxy) is 1. The summed E-state index contributed by atoms with van der Waals surface area (Å²) in [7, 11) is 0. The Labute approximate surface area is 91.8 Å². The van der Waals surface area contributed by atoms with Crippen LogP contribution in [0.2, 0.25) is 0 Å². The number of rotatable bonds is 5. The van der Waals surface area contributed by atoms with Gasteiger partial charge in [-0.05, 0) is 19.3 Å². The molecule has 1 aliphatic rings. The number of nitrogens with one attached hydrogen (secondary N) is 2. The van der Waals surface area contributed by atoms with Gasteiger partial charge in [0.15, 0.2) is 0 Å². The Bertz CT molecular complexity index is 189. The fourth-order valence-electron chi connectivity index (χ4n) is 1.56. The highest BCUT2D eigenvalue weighted by molar-refractivity contribution is 5.78.